The molecule has 1 aromatic rings. The summed E-state index contributed by atoms with van der Waals surface area (Å²) in [6.07, 6.45) is 3.13. The van der Waals surface area contributed by atoms with Crippen molar-refractivity contribution in [3.8, 4) is 0 Å². The molecule has 0 aromatic carbocycles. The first-order valence-electron chi connectivity index (χ1n) is 6.08. The summed E-state index contributed by atoms with van der Waals surface area (Å²) >= 11 is 0. The molecule has 90 valence electrons. The van der Waals surface area contributed by atoms with E-state index in [-0.39, 0.29) is 0 Å². The number of hydrogen-bond acceptors (Lipinski definition) is 3. The summed E-state index contributed by atoms with van der Waals surface area (Å²) in [4.78, 5) is 4.28. The zero-order valence-corrected chi connectivity index (χ0v) is 10.6. The minimum absolute atomic E-state index is 0.493. The average molecular weight is 221 g/mol. The van der Waals surface area contributed by atoms with Crippen LogP contribution in [-0.2, 0) is 6.54 Å². The van der Waals surface area contributed by atoms with E-state index in [0.29, 0.717) is 6.04 Å². The molecule has 1 atom stereocenters. The molecule has 0 bridgehead atoms. The van der Waals surface area contributed by atoms with Crippen molar-refractivity contribution in [3.05, 3.63) is 29.6 Å². The Kier molecular flexibility index (Phi) is 6.04. The van der Waals surface area contributed by atoms with Crippen LogP contribution in [0.4, 0.5) is 0 Å². The van der Waals surface area contributed by atoms with Gasteiger partial charge in [0.25, 0.3) is 0 Å². The monoisotopic (exact) mass is 221 g/mol. The van der Waals surface area contributed by atoms with Gasteiger partial charge in [0.2, 0.25) is 0 Å². The van der Waals surface area contributed by atoms with Gasteiger partial charge in [0.1, 0.15) is 0 Å². The van der Waals surface area contributed by atoms with Gasteiger partial charge in [0.15, 0.2) is 0 Å². The van der Waals surface area contributed by atoms with Gasteiger partial charge in [0, 0.05) is 31.0 Å². The predicted molar refractivity (Wildman–Crippen MR) is 68.4 cm³/mol. The van der Waals surface area contributed by atoms with Gasteiger partial charge in [-0.2, -0.15) is 0 Å². The quantitative estimate of drug-likeness (QED) is 0.690. The molecular formula is C13H23N3. The second-order valence-electron chi connectivity index (χ2n) is 4.29. The minimum atomic E-state index is 0.493. The Labute approximate surface area is 98.7 Å². The van der Waals surface area contributed by atoms with Crippen LogP contribution in [-0.4, -0.2) is 24.1 Å². The normalized spacial score (nSPS) is 12.7. The largest absolute Gasteiger partial charge is 0.315 e. The fraction of sp³-hybridized carbons (Fsp3) is 0.615. The van der Waals surface area contributed by atoms with Crippen molar-refractivity contribution < 1.29 is 0 Å². The molecule has 0 saturated carbocycles. The maximum absolute atomic E-state index is 4.28. The molecule has 0 spiro atoms. The number of aryl methyl sites for hydroxylation is 1. The highest BCUT2D eigenvalue weighted by atomic mass is 15.0. The van der Waals surface area contributed by atoms with Crippen LogP contribution in [0.25, 0.3) is 0 Å². The fourth-order valence-electron chi connectivity index (χ4n) is 1.46. The van der Waals surface area contributed by atoms with Gasteiger partial charge in [-0.1, -0.05) is 13.0 Å². The van der Waals surface area contributed by atoms with E-state index in [9.17, 15) is 0 Å². The van der Waals surface area contributed by atoms with E-state index in [1.807, 2.05) is 13.1 Å². The fourth-order valence-corrected chi connectivity index (χ4v) is 1.46. The third kappa shape index (κ3) is 5.24. The van der Waals surface area contributed by atoms with Gasteiger partial charge in [-0.05, 0) is 38.4 Å². The molecule has 0 fully saturated rings. The Hall–Kier alpha value is -0.930. The van der Waals surface area contributed by atoms with E-state index in [4.69, 9.17) is 0 Å². The van der Waals surface area contributed by atoms with E-state index in [1.165, 1.54) is 12.0 Å². The molecule has 16 heavy (non-hydrogen) atoms. The van der Waals surface area contributed by atoms with Gasteiger partial charge in [-0.3, -0.25) is 4.98 Å². The van der Waals surface area contributed by atoms with E-state index in [2.05, 4.69) is 41.6 Å². The average Bonchev–Trinajstić information content (AvgIpc) is 2.29. The van der Waals surface area contributed by atoms with Crippen molar-refractivity contribution in [1.29, 1.82) is 0 Å². The molecule has 2 N–H and O–H groups in total. The van der Waals surface area contributed by atoms with Crippen molar-refractivity contribution in [3.63, 3.8) is 0 Å². The maximum Gasteiger partial charge on any atom is 0.0372 e. The van der Waals surface area contributed by atoms with Crippen LogP contribution in [0.1, 0.15) is 31.5 Å². The van der Waals surface area contributed by atoms with E-state index < -0.39 is 0 Å². The van der Waals surface area contributed by atoms with Gasteiger partial charge in [0.05, 0.1) is 0 Å². The molecule has 0 radical (unpaired) electrons. The van der Waals surface area contributed by atoms with Crippen molar-refractivity contribution >= 4 is 0 Å². The van der Waals surface area contributed by atoms with Gasteiger partial charge >= 0.3 is 0 Å². The number of rotatable bonds is 7. The Bertz CT molecular complexity index is 282. The molecule has 3 nitrogen and oxygen atoms in total. The lowest BCUT2D eigenvalue weighted by Crippen LogP contribution is -2.36. The Morgan fingerprint density at radius 3 is 2.81 bits per heavy atom. The van der Waals surface area contributed by atoms with Crippen LogP contribution in [0.2, 0.25) is 0 Å². The van der Waals surface area contributed by atoms with E-state index in [1.54, 1.807) is 0 Å². The molecule has 1 unspecified atom stereocenters. The molecule has 0 amide bonds. The molecule has 3 heteroatoms. The lowest BCUT2D eigenvalue weighted by atomic mass is 10.2. The molecule has 1 aromatic heterocycles. The van der Waals surface area contributed by atoms with Crippen molar-refractivity contribution in [2.24, 2.45) is 0 Å². The number of nitrogens with zero attached hydrogens (tertiary/aromatic N) is 1. The first kappa shape index (κ1) is 13.1. The van der Waals surface area contributed by atoms with Crippen LogP contribution in [0.15, 0.2) is 18.3 Å². The first-order chi connectivity index (χ1) is 7.72. The number of nitrogens with one attached hydrogen (secondary N) is 2. The Morgan fingerprint density at radius 1 is 1.38 bits per heavy atom. The van der Waals surface area contributed by atoms with Crippen LogP contribution in [0.3, 0.4) is 0 Å². The van der Waals surface area contributed by atoms with Gasteiger partial charge in [-0.15, -0.1) is 0 Å². The summed E-state index contributed by atoms with van der Waals surface area (Å²) < 4.78 is 0. The summed E-state index contributed by atoms with van der Waals surface area (Å²) in [5.74, 6) is 0. The summed E-state index contributed by atoms with van der Waals surface area (Å²) in [6.45, 7) is 9.40. The molecule has 1 rings (SSSR count). The van der Waals surface area contributed by atoms with Crippen LogP contribution < -0.4 is 10.6 Å². The highest BCUT2D eigenvalue weighted by Gasteiger charge is 2.00. The lowest BCUT2D eigenvalue weighted by Gasteiger charge is -2.14. The second kappa shape index (κ2) is 7.36. The Morgan fingerprint density at radius 2 is 2.19 bits per heavy atom. The molecular weight excluding hydrogens is 198 g/mol. The van der Waals surface area contributed by atoms with Crippen molar-refractivity contribution in [2.45, 2.75) is 39.8 Å². The number of hydrogen-bond donors (Lipinski definition) is 2. The second-order valence-corrected chi connectivity index (χ2v) is 4.29. The van der Waals surface area contributed by atoms with Crippen molar-refractivity contribution in [2.75, 3.05) is 13.1 Å². The smallest absolute Gasteiger partial charge is 0.0372 e. The van der Waals surface area contributed by atoms with E-state index in [0.717, 1.165) is 25.3 Å². The van der Waals surface area contributed by atoms with Crippen LogP contribution in [0.5, 0.6) is 0 Å². The maximum atomic E-state index is 4.28. The molecule has 0 aliphatic rings. The number of pyridine rings is 1. The lowest BCUT2D eigenvalue weighted by molar-refractivity contribution is 0.501. The topological polar surface area (TPSA) is 37.0 Å². The van der Waals surface area contributed by atoms with Gasteiger partial charge in [-0.25, -0.2) is 0 Å². The number of aromatic nitrogens is 1. The minimum Gasteiger partial charge on any atom is -0.315 e. The molecule has 1 heterocycles. The van der Waals surface area contributed by atoms with Crippen LogP contribution >= 0.6 is 0 Å². The summed E-state index contributed by atoms with van der Waals surface area (Å²) in [6, 6.07) is 4.67. The first-order valence-corrected chi connectivity index (χ1v) is 6.08. The van der Waals surface area contributed by atoms with Crippen molar-refractivity contribution in [1.82, 2.24) is 15.6 Å². The zero-order valence-electron chi connectivity index (χ0n) is 10.6. The van der Waals surface area contributed by atoms with Gasteiger partial charge < -0.3 is 10.6 Å². The SMILES string of the molecule is CCCNCC(C)NCc1ccc(C)nc1. The molecule has 0 aliphatic carbocycles. The third-order valence-electron chi connectivity index (χ3n) is 2.50. The highest BCUT2D eigenvalue weighted by Crippen LogP contribution is 1.99. The summed E-state index contributed by atoms with van der Waals surface area (Å²) in [5, 5.41) is 6.88. The van der Waals surface area contributed by atoms with Crippen LogP contribution in [0, 0.1) is 6.92 Å². The molecule has 0 saturated heterocycles. The van der Waals surface area contributed by atoms with E-state index >= 15 is 0 Å². The third-order valence-corrected chi connectivity index (χ3v) is 2.50. The summed E-state index contributed by atoms with van der Waals surface area (Å²) in [5.41, 5.74) is 2.31. The summed E-state index contributed by atoms with van der Waals surface area (Å²) in [7, 11) is 0. The highest BCUT2D eigenvalue weighted by molar-refractivity contribution is 5.12. The standard InChI is InChI=1S/C13H23N3/c1-4-7-14-8-12(3)16-10-13-6-5-11(2)15-9-13/h5-6,9,12,14,16H,4,7-8,10H2,1-3H3. The Balaban J connectivity index is 2.20. The molecule has 0 aliphatic heterocycles. The predicted octanol–water partition coefficient (Wildman–Crippen LogP) is 1.87. The zero-order chi connectivity index (χ0) is 11.8.